The quantitative estimate of drug-likeness (QED) is 0.0682. The number of fused-ring (bicyclic) bond motifs is 3. The van der Waals surface area contributed by atoms with E-state index in [9.17, 15) is 22.6 Å². The minimum absolute atomic E-state index is 0. The minimum Gasteiger partial charge on any atom is -0.744 e. The Morgan fingerprint density at radius 2 is 0.809 bits per heavy atom. The van der Waals surface area contributed by atoms with Crippen molar-refractivity contribution in [1.29, 1.82) is 0 Å². The van der Waals surface area contributed by atoms with Crippen LogP contribution >= 0.6 is 0 Å². The first-order chi connectivity index (χ1) is 32.4. The maximum Gasteiger partial charge on any atom is 1.00 e. The molecule has 0 unspecified atom stereocenters. The normalized spacial score (nSPS) is 12.3. The van der Waals surface area contributed by atoms with Crippen molar-refractivity contribution in [3.8, 4) is 45.3 Å². The third-order valence-electron chi connectivity index (χ3n) is 12.4. The van der Waals surface area contributed by atoms with Crippen molar-refractivity contribution in [3.63, 3.8) is 0 Å². The van der Waals surface area contributed by atoms with Gasteiger partial charge in [0.25, 0.3) is 0 Å². The molecule has 68 heavy (non-hydrogen) atoms. The zero-order valence-electron chi connectivity index (χ0n) is 37.5. The van der Waals surface area contributed by atoms with E-state index >= 15 is 0 Å². The summed E-state index contributed by atoms with van der Waals surface area (Å²) in [6.07, 6.45) is 0. The van der Waals surface area contributed by atoms with Gasteiger partial charge in [-0.2, -0.15) is 0 Å². The molecule has 0 fully saturated rings. The Bertz CT molecular complexity index is 3390. The number of hydrogen-bond acceptors (Lipinski definition) is 7. The Hall–Kier alpha value is -7.57. The second-order valence-corrected chi connectivity index (χ2v) is 18.0. The second-order valence-electron chi connectivity index (χ2n) is 16.7. The van der Waals surface area contributed by atoms with Gasteiger partial charge < -0.3 is 14.0 Å². The van der Waals surface area contributed by atoms with Crippen molar-refractivity contribution in [2.75, 3.05) is 0 Å². The molecule has 1 aliphatic rings. The van der Waals surface area contributed by atoms with Crippen molar-refractivity contribution in [1.82, 2.24) is 0 Å². The Balaban J connectivity index is 0.00000578. The van der Waals surface area contributed by atoms with Gasteiger partial charge in [0.2, 0.25) is 0 Å². The van der Waals surface area contributed by atoms with Gasteiger partial charge in [0.05, 0.1) is 10.3 Å². The summed E-state index contributed by atoms with van der Waals surface area (Å²) in [6.45, 7) is 4.04. The van der Waals surface area contributed by atoms with Crippen LogP contribution in [0.25, 0.3) is 22.3 Å². The first-order valence-electron chi connectivity index (χ1n) is 21.7. The van der Waals surface area contributed by atoms with Crippen molar-refractivity contribution < 1.29 is 50.9 Å². The van der Waals surface area contributed by atoms with E-state index in [1.54, 1.807) is 91.0 Å². The van der Waals surface area contributed by atoms with Gasteiger partial charge in [-0.15, -0.1) is 0 Å². The molecule has 10 rings (SSSR count). The summed E-state index contributed by atoms with van der Waals surface area (Å²) < 4.78 is 49.5. The Morgan fingerprint density at radius 1 is 0.441 bits per heavy atom. The monoisotopic (exact) mass is 900 g/mol. The topological polar surface area (TPSA) is 110 Å². The number of hydrogen-bond donors (Lipinski definition) is 0. The smallest absolute Gasteiger partial charge is 0.744 e. The van der Waals surface area contributed by atoms with E-state index in [1.165, 1.54) is 45.5 Å². The van der Waals surface area contributed by atoms with Crippen molar-refractivity contribution in [2.45, 2.75) is 24.2 Å². The first kappa shape index (κ1) is 45.6. The van der Waals surface area contributed by atoms with E-state index in [0.29, 0.717) is 44.9 Å². The van der Waals surface area contributed by atoms with Gasteiger partial charge in [0, 0.05) is 22.3 Å². The molecule has 0 saturated carbocycles. The number of carbonyl (C=O) groups excluding carboxylic acids is 2. The molecule has 0 saturated heterocycles. The fourth-order valence-electron chi connectivity index (χ4n) is 9.03. The molecule has 7 nitrogen and oxygen atoms in total. The number of benzene rings is 9. The average molecular weight is 901 g/mol. The van der Waals surface area contributed by atoms with Crippen molar-refractivity contribution >= 4 is 21.7 Å². The summed E-state index contributed by atoms with van der Waals surface area (Å²) in [6, 6.07) is 65.8. The molecular weight excluding hydrogens is 860 g/mol. The summed E-state index contributed by atoms with van der Waals surface area (Å²) in [5.74, 6) is 0.953. The van der Waals surface area contributed by atoms with Gasteiger partial charge in [0.1, 0.15) is 33.1 Å². The van der Waals surface area contributed by atoms with Crippen LogP contribution in [0.3, 0.4) is 0 Å². The molecule has 9 heteroatoms. The fraction of sp³-hybridized carbons (Fsp3) is 0.0508. The van der Waals surface area contributed by atoms with Crippen LogP contribution in [0.15, 0.2) is 217 Å². The van der Waals surface area contributed by atoms with Gasteiger partial charge in [0.15, 0.2) is 11.6 Å². The summed E-state index contributed by atoms with van der Waals surface area (Å²) in [5, 5.41) is 0. The average Bonchev–Trinajstić information content (AvgIpc) is 3.65. The summed E-state index contributed by atoms with van der Waals surface area (Å²) in [7, 11) is -4.96. The largest absolute Gasteiger partial charge is 1.00 e. The van der Waals surface area contributed by atoms with Crippen molar-refractivity contribution in [2.24, 2.45) is 0 Å². The van der Waals surface area contributed by atoms with Gasteiger partial charge in [-0.25, -0.2) is 8.42 Å². The molecule has 0 amide bonds. The standard InChI is InChI=1S/C59H42O7S.Li/c1-38-11-15-41(16-12-38)57(60)44-23-32-50(33-24-44)66-55-36-25-45(37-56(55)67(62,63)64)40-17-19-42(20-18-40)58(61)43-21-30-48(31-22-43)65-49-34-28-47(29-35-49)59(46-26-13-39(2)14-27-46)53-9-5-3-7-51(53)52-8-4-6-10-54(52)59;/h3-37H,1-2H3,(H,62,63,64);/q;+1/p-1. The van der Waals surface area contributed by atoms with Crippen LogP contribution in [-0.2, 0) is 15.5 Å². The van der Waals surface area contributed by atoms with Crippen LogP contribution in [-0.4, -0.2) is 24.5 Å². The predicted octanol–water partition coefficient (Wildman–Crippen LogP) is 10.3. The summed E-state index contributed by atoms with van der Waals surface area (Å²) in [5.41, 5.74) is 11.9. The molecule has 0 aromatic heterocycles. The van der Waals surface area contributed by atoms with Crippen LogP contribution in [0.5, 0.6) is 23.0 Å². The van der Waals surface area contributed by atoms with Crippen molar-refractivity contribution in [3.05, 3.63) is 268 Å². The SMILES string of the molecule is Cc1ccc(C(=O)c2ccc(Oc3ccc(-c4ccc(C(=O)c5ccc(Oc6ccc(C7(c8ccc(C)cc8)c8ccccc8-c8ccccc87)cc6)cc5)cc4)cc3S(=O)(=O)[O-])cc2)cc1.[Li+]. The molecule has 0 atom stereocenters. The molecule has 0 N–H and O–H groups in total. The van der Waals surface area contributed by atoms with E-state index in [4.69, 9.17) is 9.47 Å². The Kier molecular flexibility index (Phi) is 12.5. The zero-order chi connectivity index (χ0) is 46.3. The number of aryl methyl sites for hydroxylation is 2. The maximum atomic E-state index is 13.6. The minimum atomic E-state index is -4.96. The van der Waals surface area contributed by atoms with Crippen LogP contribution in [0, 0.1) is 13.8 Å². The Morgan fingerprint density at radius 3 is 1.28 bits per heavy atom. The molecule has 0 radical (unpaired) electrons. The van der Waals surface area contributed by atoms with Crippen LogP contribution in [0.2, 0.25) is 0 Å². The number of ketones is 2. The van der Waals surface area contributed by atoms with E-state index in [2.05, 4.69) is 91.9 Å². The Labute approximate surface area is 407 Å². The van der Waals surface area contributed by atoms with Gasteiger partial charge in [-0.1, -0.05) is 151 Å². The number of ether oxygens (including phenoxy) is 2. The summed E-state index contributed by atoms with van der Waals surface area (Å²) >= 11 is 0. The van der Waals surface area contributed by atoms with Crippen LogP contribution in [0.4, 0.5) is 0 Å². The molecule has 0 bridgehead atoms. The first-order valence-corrected chi connectivity index (χ1v) is 23.2. The van der Waals surface area contributed by atoms with Crippen LogP contribution < -0.4 is 28.3 Å². The molecule has 0 heterocycles. The van der Waals surface area contributed by atoms with E-state index in [-0.39, 0.29) is 41.9 Å². The zero-order valence-corrected chi connectivity index (χ0v) is 38.3. The molecule has 9 aromatic carbocycles. The van der Waals surface area contributed by atoms with Gasteiger partial charge >= 0.3 is 18.9 Å². The number of rotatable bonds is 12. The van der Waals surface area contributed by atoms with E-state index in [0.717, 1.165) is 11.1 Å². The molecule has 326 valence electrons. The third kappa shape index (κ3) is 8.63. The maximum absolute atomic E-state index is 13.6. The molecule has 0 spiro atoms. The summed E-state index contributed by atoms with van der Waals surface area (Å²) in [4.78, 5) is 26.0. The fourth-order valence-corrected chi connectivity index (χ4v) is 9.66. The number of carbonyl (C=O) groups is 2. The molecule has 0 aliphatic heterocycles. The van der Waals surface area contributed by atoms with E-state index in [1.807, 2.05) is 31.2 Å². The van der Waals surface area contributed by atoms with E-state index < -0.39 is 20.4 Å². The molecule has 9 aromatic rings. The molecular formula is C59H41LiO7S. The van der Waals surface area contributed by atoms with Gasteiger partial charge in [-0.3, -0.25) is 9.59 Å². The molecule has 1 aliphatic carbocycles. The third-order valence-corrected chi connectivity index (χ3v) is 13.3. The van der Waals surface area contributed by atoms with Gasteiger partial charge in [-0.05, 0) is 131 Å². The van der Waals surface area contributed by atoms with Crippen LogP contribution in [0.1, 0.15) is 65.2 Å². The second kappa shape index (κ2) is 18.6. The predicted molar refractivity (Wildman–Crippen MR) is 259 cm³/mol.